The Morgan fingerprint density at radius 3 is 2.55 bits per heavy atom. The van der Waals surface area contributed by atoms with Crippen LogP contribution in [-0.4, -0.2) is 50.5 Å². The normalized spacial score (nSPS) is 21.9. The number of benzene rings is 1. The summed E-state index contributed by atoms with van der Waals surface area (Å²) in [5.74, 6) is -0.0431. The number of rotatable bonds is 4. The Bertz CT molecular complexity index is 1160. The highest BCUT2D eigenvalue weighted by Crippen LogP contribution is 2.52. The summed E-state index contributed by atoms with van der Waals surface area (Å²) in [5, 5.41) is 2.96. The van der Waals surface area contributed by atoms with Gasteiger partial charge in [-0.2, -0.15) is 0 Å². The number of carbonyl (C=O) groups excluding carboxylic acids is 2. The zero-order chi connectivity index (χ0) is 23.1. The van der Waals surface area contributed by atoms with Crippen molar-refractivity contribution in [1.29, 1.82) is 0 Å². The Hall–Kier alpha value is -3.26. The van der Waals surface area contributed by atoms with Crippen molar-refractivity contribution in [1.82, 2.24) is 19.8 Å². The molecule has 2 amide bonds. The van der Waals surface area contributed by atoms with Gasteiger partial charge in [0, 0.05) is 43.7 Å². The molecule has 2 fully saturated rings. The maximum absolute atomic E-state index is 13.3. The van der Waals surface area contributed by atoms with E-state index in [1.807, 2.05) is 40.3 Å². The van der Waals surface area contributed by atoms with Crippen molar-refractivity contribution < 1.29 is 14.3 Å². The number of hydrogen-bond donors (Lipinski definition) is 0. The van der Waals surface area contributed by atoms with Gasteiger partial charge in [-0.15, -0.1) is 11.3 Å². The van der Waals surface area contributed by atoms with Crippen molar-refractivity contribution in [3.63, 3.8) is 0 Å². The molecule has 1 unspecified atom stereocenters. The summed E-state index contributed by atoms with van der Waals surface area (Å²) in [5.41, 5.74) is 1.03. The van der Waals surface area contributed by atoms with Crippen LogP contribution >= 0.6 is 11.3 Å². The summed E-state index contributed by atoms with van der Waals surface area (Å²) >= 11 is 1.57. The minimum absolute atomic E-state index is 0.0431. The second-order valence-corrected chi connectivity index (χ2v) is 9.84. The number of amides is 2. The van der Waals surface area contributed by atoms with Crippen LogP contribution < -0.4 is 0 Å². The van der Waals surface area contributed by atoms with Gasteiger partial charge in [-0.3, -0.25) is 14.7 Å². The first-order valence-electron chi connectivity index (χ1n) is 11.1. The second kappa shape index (κ2) is 8.26. The Kier molecular flexibility index (Phi) is 5.40. The van der Waals surface area contributed by atoms with Gasteiger partial charge in [-0.05, 0) is 31.5 Å². The van der Waals surface area contributed by atoms with Crippen LogP contribution in [0, 0.1) is 6.92 Å². The van der Waals surface area contributed by atoms with Gasteiger partial charge < -0.3 is 9.64 Å². The Labute approximate surface area is 197 Å². The van der Waals surface area contributed by atoms with Gasteiger partial charge in [0.15, 0.2) is 0 Å². The molecule has 0 radical (unpaired) electrons. The highest BCUT2D eigenvalue weighted by Gasteiger charge is 2.64. The van der Waals surface area contributed by atoms with Crippen molar-refractivity contribution in [2.45, 2.75) is 44.4 Å². The number of nitrogens with zero attached hydrogens (tertiary/aromatic N) is 4. The largest absolute Gasteiger partial charge is 0.440 e. The van der Waals surface area contributed by atoms with Crippen LogP contribution in [0.25, 0.3) is 0 Å². The lowest BCUT2D eigenvalue weighted by Crippen LogP contribution is -2.58. The highest BCUT2D eigenvalue weighted by atomic mass is 32.1. The third kappa shape index (κ3) is 3.58. The summed E-state index contributed by atoms with van der Waals surface area (Å²) in [6, 6.07) is 13.6. The Balaban J connectivity index is 1.46. The van der Waals surface area contributed by atoms with Crippen LogP contribution in [0.2, 0.25) is 0 Å². The molecule has 2 aromatic heterocycles. The second-order valence-electron chi connectivity index (χ2n) is 8.78. The number of piperidine rings is 1. The number of ether oxygens (including phenoxy) is 1. The first-order valence-corrected chi connectivity index (χ1v) is 12.0. The molecule has 0 bridgehead atoms. The molecule has 33 heavy (non-hydrogen) atoms. The maximum atomic E-state index is 13.3. The summed E-state index contributed by atoms with van der Waals surface area (Å²) in [4.78, 5) is 38.5. The topological polar surface area (TPSA) is 75.6 Å². The van der Waals surface area contributed by atoms with Crippen molar-refractivity contribution in [3.8, 4) is 0 Å². The predicted molar refractivity (Wildman–Crippen MR) is 125 cm³/mol. The molecular weight excluding hydrogens is 436 g/mol. The zero-order valence-electron chi connectivity index (χ0n) is 18.7. The number of hydrogen-bond acceptors (Lipinski definition) is 6. The van der Waals surface area contributed by atoms with Gasteiger partial charge >= 0.3 is 6.09 Å². The molecule has 0 N–H and O–H groups in total. The zero-order valence-corrected chi connectivity index (χ0v) is 19.5. The van der Waals surface area contributed by atoms with Gasteiger partial charge in [-0.25, -0.2) is 9.78 Å². The van der Waals surface area contributed by atoms with E-state index in [9.17, 15) is 9.59 Å². The van der Waals surface area contributed by atoms with Gasteiger partial charge in [0.1, 0.15) is 11.1 Å². The van der Waals surface area contributed by atoms with E-state index >= 15 is 0 Å². The van der Waals surface area contributed by atoms with E-state index in [-0.39, 0.29) is 12.0 Å². The Morgan fingerprint density at radius 2 is 1.91 bits per heavy atom. The van der Waals surface area contributed by atoms with Crippen molar-refractivity contribution in [3.05, 3.63) is 82.1 Å². The lowest BCUT2D eigenvalue weighted by Gasteiger charge is -2.48. The molecule has 0 aliphatic carbocycles. The van der Waals surface area contributed by atoms with E-state index in [0.29, 0.717) is 38.0 Å². The van der Waals surface area contributed by atoms with E-state index in [0.717, 1.165) is 16.3 Å². The summed E-state index contributed by atoms with van der Waals surface area (Å²) in [6.07, 6.45) is 4.03. The lowest BCUT2D eigenvalue weighted by atomic mass is 9.70. The maximum Gasteiger partial charge on any atom is 0.411 e. The van der Waals surface area contributed by atoms with E-state index in [1.54, 1.807) is 35.9 Å². The molecule has 5 rings (SSSR count). The summed E-state index contributed by atoms with van der Waals surface area (Å²) in [6.45, 7) is 5.45. The van der Waals surface area contributed by atoms with Gasteiger partial charge in [0.2, 0.25) is 0 Å². The Morgan fingerprint density at radius 1 is 1.15 bits per heavy atom. The average Bonchev–Trinajstić information content (AvgIpc) is 3.35. The first kappa shape index (κ1) is 21.6. The van der Waals surface area contributed by atoms with Crippen LogP contribution in [0.1, 0.15) is 46.4 Å². The molecule has 4 heterocycles. The fourth-order valence-corrected chi connectivity index (χ4v) is 5.73. The SMILES string of the molecule is Cc1nc(CN2C(=O)OC3(CCN(C(=O)c4cccnc4)CC3)C2(C)c2ccccc2)cs1. The molecular formula is C25H26N4O3S. The van der Waals surface area contributed by atoms with Crippen molar-refractivity contribution in [2.75, 3.05) is 13.1 Å². The molecule has 7 nitrogen and oxygen atoms in total. The third-order valence-corrected chi connectivity index (χ3v) is 7.84. The number of aryl methyl sites for hydroxylation is 1. The minimum atomic E-state index is -0.734. The molecule has 170 valence electrons. The van der Waals surface area contributed by atoms with Crippen LogP contribution in [0.15, 0.2) is 60.2 Å². The minimum Gasteiger partial charge on any atom is -0.440 e. The molecule has 2 aliphatic heterocycles. The molecule has 1 aromatic carbocycles. The third-order valence-electron chi connectivity index (χ3n) is 7.02. The molecule has 2 aliphatic rings. The molecule has 0 saturated carbocycles. The van der Waals surface area contributed by atoms with Crippen molar-refractivity contribution >= 4 is 23.3 Å². The quantitative estimate of drug-likeness (QED) is 0.575. The van der Waals surface area contributed by atoms with Crippen LogP contribution in [0.4, 0.5) is 4.79 Å². The smallest absolute Gasteiger partial charge is 0.411 e. The van der Waals surface area contributed by atoms with E-state index in [4.69, 9.17) is 4.74 Å². The van der Waals surface area contributed by atoms with Crippen LogP contribution in [0.3, 0.4) is 0 Å². The lowest BCUT2D eigenvalue weighted by molar-refractivity contribution is -0.0552. The average molecular weight is 463 g/mol. The van der Waals surface area contributed by atoms with E-state index in [1.165, 1.54) is 0 Å². The monoisotopic (exact) mass is 462 g/mol. The predicted octanol–water partition coefficient (Wildman–Crippen LogP) is 4.39. The van der Waals surface area contributed by atoms with E-state index in [2.05, 4.69) is 29.0 Å². The number of likely N-dealkylation sites (tertiary alicyclic amines) is 1. The number of thiazole rings is 1. The molecule has 8 heteroatoms. The van der Waals surface area contributed by atoms with Gasteiger partial charge in [-0.1, -0.05) is 30.3 Å². The standard InChI is InChI=1S/C25H26N4O3S/c1-18-27-21(17-33-18)16-29-23(31)32-25(24(29,2)20-8-4-3-5-9-20)10-13-28(14-11-25)22(30)19-7-6-12-26-15-19/h3-9,12,15,17H,10-11,13-14,16H2,1-2H3. The van der Waals surface area contributed by atoms with Crippen LogP contribution in [0.5, 0.6) is 0 Å². The van der Waals surface area contributed by atoms with Gasteiger partial charge in [0.05, 0.1) is 22.8 Å². The number of carbonyl (C=O) groups is 2. The van der Waals surface area contributed by atoms with E-state index < -0.39 is 11.1 Å². The molecule has 1 atom stereocenters. The highest BCUT2D eigenvalue weighted by molar-refractivity contribution is 7.09. The fraction of sp³-hybridized carbons (Fsp3) is 0.360. The molecule has 3 aromatic rings. The first-order chi connectivity index (χ1) is 15.9. The summed E-state index contributed by atoms with van der Waals surface area (Å²) < 4.78 is 6.20. The van der Waals surface area contributed by atoms with Crippen molar-refractivity contribution in [2.24, 2.45) is 0 Å². The molecule has 2 saturated heterocycles. The number of aromatic nitrogens is 2. The fourth-order valence-electron chi connectivity index (χ4n) is 5.13. The van der Waals surface area contributed by atoms with Crippen LogP contribution in [-0.2, 0) is 16.8 Å². The molecule has 1 spiro atoms. The number of pyridine rings is 1. The summed E-state index contributed by atoms with van der Waals surface area (Å²) in [7, 11) is 0. The van der Waals surface area contributed by atoms with Gasteiger partial charge in [0.25, 0.3) is 5.91 Å².